The van der Waals surface area contributed by atoms with Gasteiger partial charge in [-0.05, 0) is 54.7 Å². The summed E-state index contributed by atoms with van der Waals surface area (Å²) in [5, 5.41) is 8.31. The van der Waals surface area contributed by atoms with Gasteiger partial charge >= 0.3 is 0 Å². The Labute approximate surface area is 233 Å². The van der Waals surface area contributed by atoms with Crippen LogP contribution in [0.4, 0.5) is 5.82 Å². The van der Waals surface area contributed by atoms with Crippen molar-refractivity contribution in [2.75, 3.05) is 18.0 Å². The standard InChI is InChI=1S/C30H32N6O4/c1-30(10-3-11-30)29(40)34-12-8-20(9-13-34)35-17-18(15-32-35)14-19-16-31-26-25-21(19)4-2-5-22(25)28(39)36(26)23-6-7-24(37)33-27(23)38/h2,4-5,15-17,20,23H,3,6-14H2,1H3,(H,33,37,38)/i23D. The second kappa shape index (κ2) is 9.25. The van der Waals surface area contributed by atoms with E-state index in [1.54, 1.807) is 18.3 Å². The zero-order valence-corrected chi connectivity index (χ0v) is 22.5. The van der Waals surface area contributed by atoms with E-state index in [-0.39, 0.29) is 30.1 Å². The number of anilines is 1. The van der Waals surface area contributed by atoms with Gasteiger partial charge in [0, 0.05) is 49.1 Å². The van der Waals surface area contributed by atoms with Gasteiger partial charge in [-0.1, -0.05) is 25.5 Å². The number of piperidine rings is 2. The van der Waals surface area contributed by atoms with E-state index in [0.29, 0.717) is 23.3 Å². The molecular formula is C30H32N6O4. The smallest absolute Gasteiger partial charge is 0.260 e. The van der Waals surface area contributed by atoms with Gasteiger partial charge in [-0.25, -0.2) is 4.98 Å². The molecule has 3 fully saturated rings. The van der Waals surface area contributed by atoms with Crippen molar-refractivity contribution in [3.63, 3.8) is 0 Å². The van der Waals surface area contributed by atoms with Crippen LogP contribution in [0.3, 0.4) is 0 Å². The molecule has 1 N–H and O–H groups in total. The molecule has 40 heavy (non-hydrogen) atoms. The van der Waals surface area contributed by atoms with Gasteiger partial charge in [0.15, 0.2) is 0 Å². The molecule has 4 aliphatic rings. The van der Waals surface area contributed by atoms with E-state index in [1.165, 1.54) is 0 Å². The summed E-state index contributed by atoms with van der Waals surface area (Å²) in [6.07, 6.45) is 10.9. The lowest BCUT2D eigenvalue weighted by Crippen LogP contribution is -2.53. The molecule has 5 heterocycles. The summed E-state index contributed by atoms with van der Waals surface area (Å²) in [6.45, 7) is 3.59. The summed E-state index contributed by atoms with van der Waals surface area (Å²) in [5.41, 5.74) is 2.16. The second-order valence-electron chi connectivity index (χ2n) is 11.7. The SMILES string of the molecule is [2H]C1(N2C(=O)c3cccc4c(Cc5cnn(C6CCN(C(=O)C7(C)CCC7)CC6)c5)cnc2c34)CCC(=O)NC1=O. The van der Waals surface area contributed by atoms with Crippen LogP contribution in [0.5, 0.6) is 0 Å². The zero-order chi connectivity index (χ0) is 28.5. The van der Waals surface area contributed by atoms with Crippen LogP contribution in [0, 0.1) is 5.41 Å². The summed E-state index contributed by atoms with van der Waals surface area (Å²) in [6, 6.07) is 3.71. The summed E-state index contributed by atoms with van der Waals surface area (Å²) >= 11 is 0. The van der Waals surface area contributed by atoms with E-state index in [2.05, 4.69) is 28.5 Å². The van der Waals surface area contributed by atoms with Gasteiger partial charge < -0.3 is 4.90 Å². The number of hydrogen-bond donors (Lipinski definition) is 1. The molecule has 1 atom stereocenters. The number of nitrogens with zero attached hydrogens (tertiary/aromatic N) is 5. The normalized spacial score (nSPS) is 24.7. The first-order valence-corrected chi connectivity index (χ1v) is 14.1. The molecule has 2 saturated heterocycles. The fraction of sp³-hybridized carbons (Fsp3) is 0.467. The third kappa shape index (κ3) is 3.91. The average Bonchev–Trinajstić information content (AvgIpc) is 3.54. The number of aromatic nitrogens is 3. The molecular weight excluding hydrogens is 508 g/mol. The number of hydrogen-bond acceptors (Lipinski definition) is 6. The van der Waals surface area contributed by atoms with Gasteiger partial charge in [-0.2, -0.15) is 5.10 Å². The molecule has 0 radical (unpaired) electrons. The first-order valence-electron chi connectivity index (χ1n) is 14.6. The lowest BCUT2D eigenvalue weighted by molar-refractivity contribution is -0.147. The summed E-state index contributed by atoms with van der Waals surface area (Å²) in [7, 11) is 0. The number of nitrogens with one attached hydrogen (secondary N) is 1. The molecule has 1 saturated carbocycles. The number of pyridine rings is 1. The summed E-state index contributed by atoms with van der Waals surface area (Å²) in [5.74, 6) is -1.14. The minimum Gasteiger partial charge on any atom is -0.342 e. The van der Waals surface area contributed by atoms with Crippen molar-refractivity contribution in [3.8, 4) is 0 Å². The molecule has 7 rings (SSSR count). The molecule has 206 valence electrons. The average molecular weight is 542 g/mol. The Morgan fingerprint density at radius 1 is 1.15 bits per heavy atom. The van der Waals surface area contributed by atoms with E-state index in [9.17, 15) is 19.2 Å². The molecule has 1 aromatic carbocycles. The predicted octanol–water partition coefficient (Wildman–Crippen LogP) is 3.14. The predicted molar refractivity (Wildman–Crippen MR) is 147 cm³/mol. The fourth-order valence-corrected chi connectivity index (χ4v) is 6.63. The number of carbonyl (C=O) groups excluding carboxylic acids is 4. The molecule has 0 bridgehead atoms. The van der Waals surface area contributed by atoms with Gasteiger partial charge in [0.2, 0.25) is 17.7 Å². The van der Waals surface area contributed by atoms with Crippen LogP contribution in [-0.2, 0) is 20.8 Å². The van der Waals surface area contributed by atoms with Crippen molar-refractivity contribution in [2.24, 2.45) is 5.41 Å². The quantitative estimate of drug-likeness (QED) is 0.496. The number of imide groups is 1. The highest BCUT2D eigenvalue weighted by Gasteiger charge is 2.43. The minimum absolute atomic E-state index is 0.0186. The molecule has 10 nitrogen and oxygen atoms in total. The lowest BCUT2D eigenvalue weighted by Gasteiger charge is -2.43. The Morgan fingerprint density at radius 2 is 1.95 bits per heavy atom. The lowest BCUT2D eigenvalue weighted by atomic mass is 9.69. The van der Waals surface area contributed by atoms with Crippen LogP contribution in [0.1, 0.15) is 80.8 Å². The van der Waals surface area contributed by atoms with E-state index < -0.39 is 23.7 Å². The molecule has 1 unspecified atom stereocenters. The largest absolute Gasteiger partial charge is 0.342 e. The molecule has 2 aromatic heterocycles. The zero-order valence-electron chi connectivity index (χ0n) is 23.5. The van der Waals surface area contributed by atoms with Crippen LogP contribution in [0.15, 0.2) is 36.8 Å². The third-order valence-corrected chi connectivity index (χ3v) is 9.14. The van der Waals surface area contributed by atoms with Gasteiger partial charge in [-0.3, -0.25) is 34.1 Å². The van der Waals surface area contributed by atoms with E-state index in [4.69, 9.17) is 1.37 Å². The molecule has 3 aromatic rings. The number of carbonyl (C=O) groups is 4. The van der Waals surface area contributed by atoms with Gasteiger partial charge in [0.05, 0.1) is 19.2 Å². The Hall–Kier alpha value is -4.08. The highest BCUT2D eigenvalue weighted by molar-refractivity contribution is 6.26. The van der Waals surface area contributed by atoms with Crippen molar-refractivity contribution < 1.29 is 20.5 Å². The van der Waals surface area contributed by atoms with Crippen molar-refractivity contribution in [2.45, 2.75) is 70.4 Å². The maximum Gasteiger partial charge on any atom is 0.260 e. The van der Waals surface area contributed by atoms with Crippen LogP contribution in [0.2, 0.25) is 0 Å². The van der Waals surface area contributed by atoms with Crippen LogP contribution in [0.25, 0.3) is 10.8 Å². The molecule has 10 heteroatoms. The second-order valence-corrected chi connectivity index (χ2v) is 11.7. The van der Waals surface area contributed by atoms with Crippen LogP contribution < -0.4 is 10.2 Å². The van der Waals surface area contributed by atoms with Gasteiger partial charge in [0.1, 0.15) is 11.8 Å². The monoisotopic (exact) mass is 541 g/mol. The maximum absolute atomic E-state index is 13.5. The summed E-state index contributed by atoms with van der Waals surface area (Å²) in [4.78, 5) is 58.6. The van der Waals surface area contributed by atoms with Gasteiger partial charge in [0.25, 0.3) is 5.91 Å². The van der Waals surface area contributed by atoms with Crippen molar-refractivity contribution >= 4 is 40.2 Å². The Kier molecular flexibility index (Phi) is 5.50. The number of amides is 4. The molecule has 4 amide bonds. The number of likely N-dealkylation sites (tertiary alicyclic amines) is 1. The van der Waals surface area contributed by atoms with Crippen LogP contribution >= 0.6 is 0 Å². The van der Waals surface area contributed by atoms with Crippen molar-refractivity contribution in [3.05, 3.63) is 53.5 Å². The topological polar surface area (TPSA) is 118 Å². The molecule has 1 aliphatic carbocycles. The Bertz CT molecular complexity index is 1620. The highest BCUT2D eigenvalue weighted by atomic mass is 16.2. The van der Waals surface area contributed by atoms with E-state index >= 15 is 0 Å². The first kappa shape index (κ1) is 23.8. The Morgan fingerprint density at radius 3 is 2.67 bits per heavy atom. The number of benzene rings is 1. The molecule has 3 aliphatic heterocycles. The van der Waals surface area contributed by atoms with E-state index in [0.717, 1.165) is 66.6 Å². The maximum atomic E-state index is 13.5. The van der Waals surface area contributed by atoms with Crippen LogP contribution in [-0.4, -0.2) is 62.4 Å². The van der Waals surface area contributed by atoms with E-state index in [1.807, 2.05) is 21.8 Å². The Balaban J connectivity index is 1.11. The molecule has 0 spiro atoms. The summed E-state index contributed by atoms with van der Waals surface area (Å²) < 4.78 is 10.9. The first-order chi connectivity index (χ1) is 19.7. The highest BCUT2D eigenvalue weighted by Crippen LogP contribution is 2.43. The van der Waals surface area contributed by atoms with Crippen molar-refractivity contribution in [1.29, 1.82) is 0 Å². The fourth-order valence-electron chi connectivity index (χ4n) is 6.63. The van der Waals surface area contributed by atoms with Crippen molar-refractivity contribution in [1.82, 2.24) is 25.0 Å². The minimum atomic E-state index is -1.94. The van der Waals surface area contributed by atoms with Gasteiger partial charge in [-0.15, -0.1) is 0 Å². The number of rotatable bonds is 5. The third-order valence-electron chi connectivity index (χ3n) is 9.14.